The molecule has 0 unspecified atom stereocenters. The van der Waals surface area contributed by atoms with E-state index < -0.39 is 11.9 Å². The van der Waals surface area contributed by atoms with Crippen molar-refractivity contribution >= 4 is 17.8 Å². The van der Waals surface area contributed by atoms with E-state index in [-0.39, 0.29) is 24.9 Å². The van der Waals surface area contributed by atoms with E-state index in [1.165, 1.54) is 16.0 Å². The molecule has 2 N–H and O–H groups in total. The monoisotopic (exact) mass is 582 g/mol. The molecular weight excluding hydrogens is 548 g/mol. The van der Waals surface area contributed by atoms with Crippen molar-refractivity contribution in [2.24, 2.45) is 0 Å². The molecule has 0 bridgehead atoms. The van der Waals surface area contributed by atoms with Gasteiger partial charge in [-0.25, -0.2) is 4.79 Å². The van der Waals surface area contributed by atoms with Crippen molar-refractivity contribution in [3.05, 3.63) is 167 Å². The minimum atomic E-state index is -1.48. The quantitative estimate of drug-likeness (QED) is 0.166. The number of hydrogen-bond acceptors (Lipinski definition) is 3. The van der Waals surface area contributed by atoms with Crippen LogP contribution in [0.5, 0.6) is 0 Å². The zero-order valence-corrected chi connectivity index (χ0v) is 24.3. The molecule has 0 saturated carbocycles. The fraction of sp³-hybridized carbons (Fsp3) is 0.132. The number of nitrogens with zero attached hydrogens (tertiary/aromatic N) is 1. The SMILES string of the molecule is O=C(O)C(=O)N(Cc1ccccc1)Cc1ccc(-c2cccc(C(=O)NCCC(c3ccccc3)c3ccccc3)c2)cc1. The Morgan fingerprint density at radius 2 is 1.16 bits per heavy atom. The van der Waals surface area contributed by atoms with Crippen LogP contribution in [0.15, 0.2) is 140 Å². The molecule has 0 heterocycles. The highest BCUT2D eigenvalue weighted by Gasteiger charge is 2.21. The molecule has 5 aromatic carbocycles. The molecule has 44 heavy (non-hydrogen) atoms. The first kappa shape index (κ1) is 30.0. The summed E-state index contributed by atoms with van der Waals surface area (Å²) in [4.78, 5) is 38.3. The van der Waals surface area contributed by atoms with E-state index in [1.54, 1.807) is 6.07 Å². The highest BCUT2D eigenvalue weighted by atomic mass is 16.4. The van der Waals surface area contributed by atoms with Gasteiger partial charge in [-0.2, -0.15) is 0 Å². The van der Waals surface area contributed by atoms with Gasteiger partial charge in [0, 0.05) is 31.1 Å². The number of rotatable bonds is 11. The van der Waals surface area contributed by atoms with Crippen LogP contribution in [0, 0.1) is 0 Å². The maximum Gasteiger partial charge on any atom is 0.394 e. The van der Waals surface area contributed by atoms with Gasteiger partial charge in [0.05, 0.1) is 0 Å². The number of carbonyl (C=O) groups is 3. The van der Waals surface area contributed by atoms with Gasteiger partial charge >= 0.3 is 11.9 Å². The minimum Gasteiger partial charge on any atom is -0.474 e. The van der Waals surface area contributed by atoms with Crippen molar-refractivity contribution in [3.8, 4) is 11.1 Å². The molecular formula is C38H34N2O4. The molecule has 0 aliphatic heterocycles. The Kier molecular flexibility index (Phi) is 9.95. The molecule has 0 saturated heterocycles. The van der Waals surface area contributed by atoms with E-state index in [9.17, 15) is 19.5 Å². The normalized spacial score (nSPS) is 10.8. The predicted octanol–water partition coefficient (Wildman–Crippen LogP) is 6.92. The van der Waals surface area contributed by atoms with Crippen LogP contribution in [-0.4, -0.2) is 34.3 Å². The molecule has 6 nitrogen and oxygen atoms in total. The first-order valence-electron chi connectivity index (χ1n) is 14.6. The Balaban J connectivity index is 1.23. The van der Waals surface area contributed by atoms with Crippen molar-refractivity contribution in [3.63, 3.8) is 0 Å². The lowest BCUT2D eigenvalue weighted by atomic mass is 9.88. The van der Waals surface area contributed by atoms with Crippen molar-refractivity contribution < 1.29 is 19.5 Å². The molecule has 5 aromatic rings. The zero-order chi connectivity index (χ0) is 30.7. The van der Waals surface area contributed by atoms with Crippen LogP contribution in [0.2, 0.25) is 0 Å². The Morgan fingerprint density at radius 1 is 0.614 bits per heavy atom. The van der Waals surface area contributed by atoms with Gasteiger partial charge in [0.1, 0.15) is 0 Å². The predicted molar refractivity (Wildman–Crippen MR) is 172 cm³/mol. The minimum absolute atomic E-state index is 0.132. The third kappa shape index (κ3) is 7.86. The summed E-state index contributed by atoms with van der Waals surface area (Å²) < 4.78 is 0. The molecule has 5 rings (SSSR count). The molecule has 0 aliphatic rings. The molecule has 0 fully saturated rings. The second-order valence-corrected chi connectivity index (χ2v) is 10.6. The Bertz CT molecular complexity index is 1650. The van der Waals surface area contributed by atoms with Crippen molar-refractivity contribution in [2.75, 3.05) is 6.54 Å². The standard InChI is InChI=1S/C38H34N2O4/c41-36(39-24-23-35(31-13-6-2-7-14-31)32-15-8-3-9-16-32)34-18-10-17-33(25-34)30-21-19-29(20-22-30)27-40(37(42)38(43)44)26-28-11-4-1-5-12-28/h1-22,25,35H,23-24,26-27H2,(H,39,41)(H,43,44). The maximum atomic E-state index is 13.1. The first-order chi connectivity index (χ1) is 21.5. The third-order valence-corrected chi connectivity index (χ3v) is 7.59. The third-order valence-electron chi connectivity index (χ3n) is 7.59. The summed E-state index contributed by atoms with van der Waals surface area (Å²) in [5.74, 6) is -2.39. The van der Waals surface area contributed by atoms with Crippen LogP contribution >= 0.6 is 0 Å². The van der Waals surface area contributed by atoms with Crippen LogP contribution in [0.4, 0.5) is 0 Å². The van der Waals surface area contributed by atoms with Gasteiger partial charge in [-0.05, 0) is 51.9 Å². The summed E-state index contributed by atoms with van der Waals surface area (Å²) in [6.07, 6.45) is 0.770. The number of amides is 2. The number of carboxylic acids is 1. The van der Waals surface area contributed by atoms with E-state index in [4.69, 9.17) is 0 Å². The summed E-state index contributed by atoms with van der Waals surface area (Å²) in [5, 5.41) is 12.4. The van der Waals surface area contributed by atoms with E-state index in [2.05, 4.69) is 29.6 Å². The van der Waals surface area contributed by atoms with E-state index in [1.807, 2.05) is 109 Å². The van der Waals surface area contributed by atoms with Gasteiger partial charge < -0.3 is 15.3 Å². The highest BCUT2D eigenvalue weighted by molar-refractivity contribution is 6.31. The summed E-state index contributed by atoms with van der Waals surface area (Å²) in [6.45, 7) is 0.888. The molecule has 0 atom stereocenters. The van der Waals surface area contributed by atoms with Crippen molar-refractivity contribution in [1.82, 2.24) is 10.2 Å². The van der Waals surface area contributed by atoms with E-state index in [0.717, 1.165) is 28.7 Å². The summed E-state index contributed by atoms with van der Waals surface area (Å²) >= 11 is 0. The second-order valence-electron chi connectivity index (χ2n) is 10.6. The number of aliphatic carboxylic acids is 1. The fourth-order valence-electron chi connectivity index (χ4n) is 5.33. The van der Waals surface area contributed by atoms with Crippen molar-refractivity contribution in [2.45, 2.75) is 25.4 Å². The summed E-state index contributed by atoms with van der Waals surface area (Å²) in [5.41, 5.74) is 6.46. The maximum absolute atomic E-state index is 13.1. The molecule has 0 radical (unpaired) electrons. The summed E-state index contributed by atoms with van der Waals surface area (Å²) in [6, 6.07) is 45.1. The Labute approximate surface area is 257 Å². The van der Waals surface area contributed by atoms with Gasteiger partial charge in [-0.3, -0.25) is 9.59 Å². The van der Waals surface area contributed by atoms with Crippen LogP contribution in [0.3, 0.4) is 0 Å². The molecule has 6 heteroatoms. The van der Waals surface area contributed by atoms with E-state index >= 15 is 0 Å². The lowest BCUT2D eigenvalue weighted by Gasteiger charge is -2.21. The number of hydrogen-bond donors (Lipinski definition) is 2. The number of benzene rings is 5. The van der Waals surface area contributed by atoms with Crippen LogP contribution in [0.1, 0.15) is 45.0 Å². The lowest BCUT2D eigenvalue weighted by Crippen LogP contribution is -2.35. The summed E-state index contributed by atoms with van der Waals surface area (Å²) in [7, 11) is 0. The van der Waals surface area contributed by atoms with Gasteiger partial charge in [0.25, 0.3) is 5.91 Å². The van der Waals surface area contributed by atoms with Crippen molar-refractivity contribution in [1.29, 1.82) is 0 Å². The molecule has 220 valence electrons. The first-order valence-corrected chi connectivity index (χ1v) is 14.6. The van der Waals surface area contributed by atoms with Crippen LogP contribution < -0.4 is 5.32 Å². The van der Waals surface area contributed by atoms with Gasteiger partial charge in [0.15, 0.2) is 0 Å². The van der Waals surface area contributed by atoms with Gasteiger partial charge in [-0.1, -0.05) is 127 Å². The molecule has 0 aliphatic carbocycles. The Hall–Kier alpha value is -5.49. The number of nitrogens with one attached hydrogen (secondary N) is 1. The van der Waals surface area contributed by atoms with Gasteiger partial charge in [-0.15, -0.1) is 0 Å². The average molecular weight is 583 g/mol. The molecule has 2 amide bonds. The number of carboxylic acid groups (broad SMARTS) is 1. The Morgan fingerprint density at radius 3 is 1.73 bits per heavy atom. The second kappa shape index (κ2) is 14.6. The zero-order valence-electron chi connectivity index (χ0n) is 24.3. The van der Waals surface area contributed by atoms with E-state index in [0.29, 0.717) is 12.1 Å². The smallest absolute Gasteiger partial charge is 0.394 e. The molecule has 0 spiro atoms. The number of carbonyl (C=O) groups excluding carboxylic acids is 2. The van der Waals surface area contributed by atoms with Crippen LogP contribution in [-0.2, 0) is 22.7 Å². The van der Waals surface area contributed by atoms with Gasteiger partial charge in [0.2, 0.25) is 0 Å². The largest absolute Gasteiger partial charge is 0.474 e. The fourth-order valence-corrected chi connectivity index (χ4v) is 5.33. The van der Waals surface area contributed by atoms with Crippen LogP contribution in [0.25, 0.3) is 11.1 Å². The highest BCUT2D eigenvalue weighted by Crippen LogP contribution is 2.27. The molecule has 0 aromatic heterocycles. The lowest BCUT2D eigenvalue weighted by molar-refractivity contribution is -0.156. The topological polar surface area (TPSA) is 86.7 Å². The average Bonchev–Trinajstić information content (AvgIpc) is 3.07.